The van der Waals surface area contributed by atoms with Crippen molar-refractivity contribution in [3.8, 4) is 5.75 Å². The first-order valence-electron chi connectivity index (χ1n) is 6.50. The number of alkyl halides is 1. The maximum atomic E-state index is 13.8. The van der Waals surface area contributed by atoms with Gasteiger partial charge in [-0.25, -0.2) is 18.5 Å². The molecule has 0 fully saturated rings. The van der Waals surface area contributed by atoms with Gasteiger partial charge in [0.05, 0.1) is 5.52 Å². The molecule has 2 rings (SSSR count). The van der Waals surface area contributed by atoms with E-state index in [-0.39, 0.29) is 10.9 Å². The molecule has 1 aromatic heterocycles. The molecule has 3 N–H and O–H groups in total. The van der Waals surface area contributed by atoms with Gasteiger partial charge in [0.1, 0.15) is 22.8 Å². The van der Waals surface area contributed by atoms with Crippen molar-refractivity contribution in [2.45, 2.75) is 32.0 Å². The standard InChI is InChI=1S/C14H15FN2O5/c1-14(2,15)6-8(12(20)21)17-11(19)10-7(16-13(17)22)4-3-5-9(10)18/h3-5,8,18H,6H2,1-2H3,(H,16,22)(H,20,21). The van der Waals surface area contributed by atoms with E-state index in [0.29, 0.717) is 4.57 Å². The summed E-state index contributed by atoms with van der Waals surface area (Å²) in [4.78, 5) is 38.1. The van der Waals surface area contributed by atoms with Crippen LogP contribution in [0.4, 0.5) is 4.39 Å². The van der Waals surface area contributed by atoms with Gasteiger partial charge in [-0.1, -0.05) is 6.07 Å². The molecular formula is C14H15FN2O5. The van der Waals surface area contributed by atoms with Crippen LogP contribution in [0.15, 0.2) is 27.8 Å². The van der Waals surface area contributed by atoms with Gasteiger partial charge in [0, 0.05) is 6.42 Å². The predicted octanol–water partition coefficient (Wildman–Crippen LogP) is 1.16. The number of fused-ring (bicyclic) bond motifs is 1. The number of aromatic amines is 1. The fourth-order valence-corrected chi connectivity index (χ4v) is 2.29. The van der Waals surface area contributed by atoms with Gasteiger partial charge in [-0.15, -0.1) is 0 Å². The smallest absolute Gasteiger partial charge is 0.329 e. The van der Waals surface area contributed by atoms with E-state index in [1.54, 1.807) is 0 Å². The highest BCUT2D eigenvalue weighted by Gasteiger charge is 2.31. The number of carbonyl (C=O) groups is 1. The maximum absolute atomic E-state index is 13.8. The third-order valence-corrected chi connectivity index (χ3v) is 3.21. The Hall–Kier alpha value is -2.64. The molecule has 0 spiro atoms. The number of benzene rings is 1. The van der Waals surface area contributed by atoms with Gasteiger partial charge >= 0.3 is 11.7 Å². The largest absolute Gasteiger partial charge is 0.507 e. The van der Waals surface area contributed by atoms with E-state index in [2.05, 4.69) is 4.98 Å². The number of phenolic OH excluding ortho intramolecular Hbond substituents is 1. The molecule has 1 heterocycles. The molecule has 0 bridgehead atoms. The van der Waals surface area contributed by atoms with Crippen molar-refractivity contribution in [1.82, 2.24) is 9.55 Å². The van der Waals surface area contributed by atoms with Crippen LogP contribution in [-0.2, 0) is 4.79 Å². The average Bonchev–Trinajstić information content (AvgIpc) is 2.35. The zero-order chi connectivity index (χ0) is 16.7. The lowest BCUT2D eigenvalue weighted by atomic mass is 10.0. The molecule has 1 aromatic carbocycles. The number of aliphatic carboxylic acids is 1. The average molecular weight is 310 g/mol. The number of rotatable bonds is 4. The lowest BCUT2D eigenvalue weighted by Gasteiger charge is -2.21. The number of aromatic hydroxyl groups is 1. The fourth-order valence-electron chi connectivity index (χ4n) is 2.29. The first kappa shape index (κ1) is 15.7. The summed E-state index contributed by atoms with van der Waals surface area (Å²) in [5.41, 5.74) is -3.77. The highest BCUT2D eigenvalue weighted by Crippen LogP contribution is 2.24. The highest BCUT2D eigenvalue weighted by atomic mass is 19.1. The van der Waals surface area contributed by atoms with E-state index in [9.17, 15) is 29.0 Å². The molecule has 1 unspecified atom stereocenters. The zero-order valence-corrected chi connectivity index (χ0v) is 12.0. The maximum Gasteiger partial charge on any atom is 0.329 e. The minimum atomic E-state index is -1.90. The highest BCUT2D eigenvalue weighted by molar-refractivity contribution is 5.84. The van der Waals surface area contributed by atoms with Crippen molar-refractivity contribution in [2.75, 3.05) is 0 Å². The molecule has 22 heavy (non-hydrogen) atoms. The van der Waals surface area contributed by atoms with E-state index in [0.717, 1.165) is 13.8 Å². The Kier molecular flexibility index (Phi) is 3.78. The van der Waals surface area contributed by atoms with Crippen LogP contribution < -0.4 is 11.2 Å². The van der Waals surface area contributed by atoms with Crippen LogP contribution >= 0.6 is 0 Å². The number of carboxylic acids is 1. The van der Waals surface area contributed by atoms with Crippen molar-refractivity contribution < 1.29 is 19.4 Å². The molecule has 7 nitrogen and oxygen atoms in total. The molecule has 0 saturated heterocycles. The third kappa shape index (κ3) is 2.85. The number of H-pyrrole nitrogens is 1. The van der Waals surface area contributed by atoms with Crippen LogP contribution in [0.25, 0.3) is 10.9 Å². The van der Waals surface area contributed by atoms with Gasteiger partial charge in [-0.05, 0) is 26.0 Å². The quantitative estimate of drug-likeness (QED) is 0.784. The van der Waals surface area contributed by atoms with Gasteiger partial charge < -0.3 is 15.2 Å². The van der Waals surface area contributed by atoms with Crippen LogP contribution in [0.2, 0.25) is 0 Å². The molecule has 0 amide bonds. The number of hydrogen-bond donors (Lipinski definition) is 3. The molecule has 8 heteroatoms. The predicted molar refractivity (Wildman–Crippen MR) is 77.0 cm³/mol. The summed E-state index contributed by atoms with van der Waals surface area (Å²) in [6.45, 7) is 2.31. The fraction of sp³-hybridized carbons (Fsp3) is 0.357. The van der Waals surface area contributed by atoms with Crippen LogP contribution in [0.3, 0.4) is 0 Å². The van der Waals surface area contributed by atoms with E-state index in [1.807, 2.05) is 0 Å². The SMILES string of the molecule is CC(C)(F)CC(C(=O)O)n1c(=O)[nH]c2cccc(O)c2c1=O. The second-order valence-electron chi connectivity index (χ2n) is 5.58. The number of aromatic nitrogens is 2. The van der Waals surface area contributed by atoms with Gasteiger partial charge in [0.25, 0.3) is 5.56 Å². The van der Waals surface area contributed by atoms with E-state index < -0.39 is 41.1 Å². The van der Waals surface area contributed by atoms with Crippen molar-refractivity contribution in [1.29, 1.82) is 0 Å². The Labute approximate surface area is 123 Å². The minimum absolute atomic E-state index is 0.0786. The molecular weight excluding hydrogens is 295 g/mol. The summed E-state index contributed by atoms with van der Waals surface area (Å²) in [6, 6.07) is 2.38. The monoisotopic (exact) mass is 310 g/mol. The van der Waals surface area contributed by atoms with Gasteiger partial charge in [-0.2, -0.15) is 0 Å². The normalized spacial score (nSPS) is 13.2. The molecule has 1 atom stereocenters. The van der Waals surface area contributed by atoms with Crippen molar-refractivity contribution >= 4 is 16.9 Å². The first-order valence-corrected chi connectivity index (χ1v) is 6.50. The number of hydrogen-bond acceptors (Lipinski definition) is 4. The Balaban J connectivity index is 2.79. The summed E-state index contributed by atoms with van der Waals surface area (Å²) in [5, 5.41) is 18.8. The summed E-state index contributed by atoms with van der Waals surface area (Å²) in [5.74, 6) is -1.90. The minimum Gasteiger partial charge on any atom is -0.507 e. The molecule has 0 radical (unpaired) electrons. The molecule has 0 aliphatic rings. The first-order chi connectivity index (χ1) is 10.1. The Morgan fingerprint density at radius 2 is 2.05 bits per heavy atom. The molecule has 0 aliphatic carbocycles. The molecule has 118 valence electrons. The number of phenols is 1. The molecule has 0 aliphatic heterocycles. The number of nitrogens with one attached hydrogen (secondary N) is 1. The van der Waals surface area contributed by atoms with E-state index in [1.165, 1.54) is 18.2 Å². The lowest BCUT2D eigenvalue weighted by Crippen LogP contribution is -2.42. The Morgan fingerprint density at radius 1 is 1.41 bits per heavy atom. The lowest BCUT2D eigenvalue weighted by molar-refractivity contribution is -0.142. The summed E-state index contributed by atoms with van der Waals surface area (Å²) in [6.07, 6.45) is -0.565. The summed E-state index contributed by atoms with van der Waals surface area (Å²) in [7, 11) is 0. The van der Waals surface area contributed by atoms with Crippen LogP contribution in [-0.4, -0.2) is 31.4 Å². The van der Waals surface area contributed by atoms with Crippen molar-refractivity contribution in [3.05, 3.63) is 39.0 Å². The molecule has 2 aromatic rings. The number of halogens is 1. The number of nitrogens with zero attached hydrogens (tertiary/aromatic N) is 1. The second-order valence-corrected chi connectivity index (χ2v) is 5.58. The van der Waals surface area contributed by atoms with Gasteiger partial charge in [0.2, 0.25) is 0 Å². The topological polar surface area (TPSA) is 112 Å². The van der Waals surface area contributed by atoms with Crippen LogP contribution in [0, 0.1) is 0 Å². The van der Waals surface area contributed by atoms with Crippen LogP contribution in [0.5, 0.6) is 5.75 Å². The van der Waals surface area contributed by atoms with Gasteiger partial charge in [0.15, 0.2) is 0 Å². The van der Waals surface area contributed by atoms with Crippen molar-refractivity contribution in [2.24, 2.45) is 0 Å². The summed E-state index contributed by atoms with van der Waals surface area (Å²) < 4.78 is 14.2. The van der Waals surface area contributed by atoms with Gasteiger partial charge in [-0.3, -0.25) is 4.79 Å². The van der Waals surface area contributed by atoms with E-state index >= 15 is 0 Å². The Morgan fingerprint density at radius 3 is 2.59 bits per heavy atom. The van der Waals surface area contributed by atoms with E-state index in [4.69, 9.17) is 0 Å². The third-order valence-electron chi connectivity index (χ3n) is 3.21. The van der Waals surface area contributed by atoms with Crippen molar-refractivity contribution in [3.63, 3.8) is 0 Å². The summed E-state index contributed by atoms with van der Waals surface area (Å²) >= 11 is 0. The van der Waals surface area contributed by atoms with Crippen LogP contribution in [0.1, 0.15) is 26.3 Å². The zero-order valence-electron chi connectivity index (χ0n) is 12.0. The Bertz CT molecular complexity index is 847. The number of carboxylic acid groups (broad SMARTS) is 1. The second kappa shape index (κ2) is 5.28. The molecule has 0 saturated carbocycles.